The molecule has 2 aromatic carbocycles. The molecule has 7 nitrogen and oxygen atoms in total. The summed E-state index contributed by atoms with van der Waals surface area (Å²) in [5.41, 5.74) is 8.69. The number of benzene rings is 2. The van der Waals surface area contributed by atoms with Gasteiger partial charge in [-0.05, 0) is 35.4 Å². The molecule has 0 atom stereocenters. The van der Waals surface area contributed by atoms with Crippen molar-refractivity contribution in [1.29, 1.82) is 0 Å². The second kappa shape index (κ2) is 9.55. The minimum absolute atomic E-state index is 0.122. The molecule has 0 saturated carbocycles. The van der Waals surface area contributed by atoms with Gasteiger partial charge in [-0.1, -0.05) is 19.1 Å². The van der Waals surface area contributed by atoms with Crippen molar-refractivity contribution in [2.24, 2.45) is 0 Å². The summed E-state index contributed by atoms with van der Waals surface area (Å²) in [4.78, 5) is 11.8. The first kappa shape index (κ1) is 21.0. The smallest absolute Gasteiger partial charge is 0.224 e. The molecule has 28 heavy (non-hydrogen) atoms. The van der Waals surface area contributed by atoms with E-state index in [4.69, 9.17) is 24.7 Å². The van der Waals surface area contributed by atoms with Gasteiger partial charge in [0, 0.05) is 6.42 Å². The standard InChI is InChI=1S/C21H26N2O5/c1-6-19(24)23-16-10-13(9-15(22)20(16)27-4)7-8-14-11-17(25-2)21(28-5)18(12-14)26-3/h7-12H,6,22H2,1-5H3,(H,23,24)/b8-7-. The molecule has 2 aromatic rings. The summed E-state index contributed by atoms with van der Waals surface area (Å²) < 4.78 is 21.4. The summed E-state index contributed by atoms with van der Waals surface area (Å²) in [6.07, 6.45) is 4.11. The van der Waals surface area contributed by atoms with Gasteiger partial charge < -0.3 is 30.0 Å². The maximum atomic E-state index is 11.8. The molecule has 0 fully saturated rings. The Bertz CT molecular complexity index is 852. The number of hydrogen-bond acceptors (Lipinski definition) is 6. The zero-order valence-electron chi connectivity index (χ0n) is 16.8. The van der Waals surface area contributed by atoms with Crippen LogP contribution < -0.4 is 30.0 Å². The van der Waals surface area contributed by atoms with E-state index in [1.54, 1.807) is 40.4 Å². The second-order valence-corrected chi connectivity index (χ2v) is 5.88. The summed E-state index contributed by atoms with van der Waals surface area (Å²) in [7, 11) is 6.20. The van der Waals surface area contributed by atoms with E-state index in [0.717, 1.165) is 11.1 Å². The third-order valence-corrected chi connectivity index (χ3v) is 4.09. The molecule has 0 spiro atoms. The first-order chi connectivity index (χ1) is 13.5. The number of amides is 1. The number of hydrogen-bond donors (Lipinski definition) is 2. The van der Waals surface area contributed by atoms with Crippen LogP contribution in [-0.2, 0) is 4.79 Å². The van der Waals surface area contributed by atoms with Crippen LogP contribution in [0.5, 0.6) is 23.0 Å². The van der Waals surface area contributed by atoms with Gasteiger partial charge in [0.15, 0.2) is 17.2 Å². The van der Waals surface area contributed by atoms with Gasteiger partial charge in [0.25, 0.3) is 0 Å². The van der Waals surface area contributed by atoms with Gasteiger partial charge >= 0.3 is 0 Å². The Kier molecular flexibility index (Phi) is 7.14. The van der Waals surface area contributed by atoms with E-state index in [-0.39, 0.29) is 5.91 Å². The van der Waals surface area contributed by atoms with Gasteiger partial charge in [-0.3, -0.25) is 4.79 Å². The molecule has 0 aliphatic carbocycles. The number of anilines is 2. The molecule has 2 rings (SSSR count). The van der Waals surface area contributed by atoms with E-state index in [2.05, 4.69) is 5.32 Å². The predicted octanol–water partition coefficient (Wildman–Crippen LogP) is 3.82. The van der Waals surface area contributed by atoms with Gasteiger partial charge in [-0.15, -0.1) is 0 Å². The van der Waals surface area contributed by atoms with Gasteiger partial charge in [-0.25, -0.2) is 0 Å². The Labute approximate surface area is 165 Å². The van der Waals surface area contributed by atoms with Crippen LogP contribution >= 0.6 is 0 Å². The van der Waals surface area contributed by atoms with Crippen molar-refractivity contribution in [3.05, 3.63) is 35.4 Å². The number of nitrogens with two attached hydrogens (primary N) is 1. The monoisotopic (exact) mass is 386 g/mol. The van der Waals surface area contributed by atoms with Crippen LogP contribution in [-0.4, -0.2) is 34.3 Å². The van der Waals surface area contributed by atoms with Gasteiger partial charge in [-0.2, -0.15) is 0 Å². The average Bonchev–Trinajstić information content (AvgIpc) is 2.70. The van der Waals surface area contributed by atoms with E-state index in [9.17, 15) is 4.79 Å². The third kappa shape index (κ3) is 4.68. The Morgan fingerprint density at radius 1 is 0.893 bits per heavy atom. The Morgan fingerprint density at radius 2 is 1.43 bits per heavy atom. The highest BCUT2D eigenvalue weighted by molar-refractivity contribution is 5.94. The van der Waals surface area contributed by atoms with Crippen LogP contribution in [0.25, 0.3) is 12.2 Å². The summed E-state index contributed by atoms with van der Waals surface area (Å²) in [5, 5.41) is 2.81. The van der Waals surface area contributed by atoms with Gasteiger partial charge in [0.2, 0.25) is 11.7 Å². The molecule has 7 heteroatoms. The molecule has 0 saturated heterocycles. The fourth-order valence-electron chi connectivity index (χ4n) is 2.72. The normalized spacial score (nSPS) is 10.6. The third-order valence-electron chi connectivity index (χ3n) is 4.09. The van der Waals surface area contributed by atoms with Crippen molar-refractivity contribution in [1.82, 2.24) is 0 Å². The molecular weight excluding hydrogens is 360 g/mol. The zero-order chi connectivity index (χ0) is 20.7. The van der Waals surface area contributed by atoms with Crippen LogP contribution in [0.2, 0.25) is 0 Å². The summed E-state index contributed by atoms with van der Waals surface area (Å²) in [6, 6.07) is 7.25. The lowest BCUT2D eigenvalue weighted by atomic mass is 10.1. The van der Waals surface area contributed by atoms with Crippen LogP contribution in [0, 0.1) is 0 Å². The summed E-state index contributed by atoms with van der Waals surface area (Å²) in [6.45, 7) is 1.78. The minimum Gasteiger partial charge on any atom is -0.493 e. The highest BCUT2D eigenvalue weighted by Gasteiger charge is 2.13. The van der Waals surface area contributed by atoms with Crippen LogP contribution in [0.3, 0.4) is 0 Å². The van der Waals surface area contributed by atoms with E-state index in [1.807, 2.05) is 24.3 Å². The van der Waals surface area contributed by atoms with Crippen molar-refractivity contribution >= 4 is 29.4 Å². The molecule has 3 N–H and O–H groups in total. The molecule has 0 heterocycles. The summed E-state index contributed by atoms with van der Waals surface area (Å²) in [5.74, 6) is 1.97. The molecular formula is C21H26N2O5. The fourth-order valence-corrected chi connectivity index (χ4v) is 2.72. The highest BCUT2D eigenvalue weighted by atomic mass is 16.5. The molecule has 0 radical (unpaired) electrons. The molecule has 1 amide bonds. The lowest BCUT2D eigenvalue weighted by Crippen LogP contribution is -2.11. The number of ether oxygens (including phenoxy) is 4. The molecule has 0 aromatic heterocycles. The average molecular weight is 386 g/mol. The molecule has 0 aliphatic rings. The van der Waals surface area contributed by atoms with E-state index >= 15 is 0 Å². The number of methoxy groups -OCH3 is 4. The Morgan fingerprint density at radius 3 is 1.89 bits per heavy atom. The number of carbonyl (C=O) groups excluding carboxylic acids is 1. The SMILES string of the molecule is CCC(=O)Nc1cc(/C=C\c2cc(OC)c(OC)c(OC)c2)cc(N)c1OC. The highest BCUT2D eigenvalue weighted by Crippen LogP contribution is 2.39. The number of nitrogen functional groups attached to an aromatic ring is 1. The van der Waals surface area contributed by atoms with Crippen LogP contribution in [0.15, 0.2) is 24.3 Å². The Hall–Kier alpha value is -3.35. The van der Waals surface area contributed by atoms with E-state index in [0.29, 0.717) is 40.8 Å². The maximum Gasteiger partial charge on any atom is 0.224 e. The summed E-state index contributed by atoms with van der Waals surface area (Å²) >= 11 is 0. The number of carbonyl (C=O) groups is 1. The first-order valence-corrected chi connectivity index (χ1v) is 8.72. The van der Waals surface area contributed by atoms with Crippen molar-refractivity contribution in [3.63, 3.8) is 0 Å². The van der Waals surface area contributed by atoms with Crippen molar-refractivity contribution in [2.75, 3.05) is 39.5 Å². The quantitative estimate of drug-likeness (QED) is 0.529. The van der Waals surface area contributed by atoms with E-state index in [1.165, 1.54) is 7.11 Å². The molecule has 0 aliphatic heterocycles. The Balaban J connectivity index is 2.42. The van der Waals surface area contributed by atoms with Crippen molar-refractivity contribution < 1.29 is 23.7 Å². The minimum atomic E-state index is -0.122. The lowest BCUT2D eigenvalue weighted by molar-refractivity contribution is -0.115. The first-order valence-electron chi connectivity index (χ1n) is 8.72. The van der Waals surface area contributed by atoms with Crippen LogP contribution in [0.4, 0.5) is 11.4 Å². The lowest BCUT2D eigenvalue weighted by Gasteiger charge is -2.14. The molecule has 0 bridgehead atoms. The van der Waals surface area contributed by atoms with Gasteiger partial charge in [0.1, 0.15) is 0 Å². The van der Waals surface area contributed by atoms with Crippen molar-refractivity contribution in [3.8, 4) is 23.0 Å². The zero-order valence-corrected chi connectivity index (χ0v) is 16.8. The topological polar surface area (TPSA) is 92.0 Å². The van der Waals surface area contributed by atoms with Gasteiger partial charge in [0.05, 0.1) is 39.8 Å². The van der Waals surface area contributed by atoms with Crippen LogP contribution in [0.1, 0.15) is 24.5 Å². The number of nitrogens with one attached hydrogen (secondary N) is 1. The number of rotatable bonds is 8. The largest absolute Gasteiger partial charge is 0.493 e. The molecule has 150 valence electrons. The molecule has 0 unspecified atom stereocenters. The maximum absolute atomic E-state index is 11.8. The second-order valence-electron chi connectivity index (χ2n) is 5.88. The predicted molar refractivity (Wildman–Crippen MR) is 111 cm³/mol. The van der Waals surface area contributed by atoms with Crippen molar-refractivity contribution in [2.45, 2.75) is 13.3 Å². The van der Waals surface area contributed by atoms with E-state index < -0.39 is 0 Å². The fraction of sp³-hybridized carbons (Fsp3) is 0.286.